The Kier molecular flexibility index (Phi) is 7.02. The van der Waals surface area contributed by atoms with E-state index in [0.29, 0.717) is 6.54 Å². The first kappa shape index (κ1) is 21.6. The predicted octanol–water partition coefficient (Wildman–Crippen LogP) is 3.37. The maximum absolute atomic E-state index is 10.6. The van der Waals surface area contributed by atoms with Crippen molar-refractivity contribution in [1.29, 1.82) is 0 Å². The lowest BCUT2D eigenvalue weighted by Gasteiger charge is -2.35. The van der Waals surface area contributed by atoms with E-state index in [1.165, 1.54) is 12.6 Å². The van der Waals surface area contributed by atoms with Gasteiger partial charge in [0, 0.05) is 49.9 Å². The number of β-amino-alcohol motifs (C(OH)–C–C–N with tert-alkyl or cyclic N) is 1. The van der Waals surface area contributed by atoms with Gasteiger partial charge in [0.05, 0.1) is 6.20 Å². The molecule has 2 N–H and O–H groups in total. The van der Waals surface area contributed by atoms with Gasteiger partial charge in [0.1, 0.15) is 24.2 Å². The van der Waals surface area contributed by atoms with Crippen LogP contribution in [-0.2, 0) is 0 Å². The van der Waals surface area contributed by atoms with Crippen LogP contribution in [0.25, 0.3) is 21.9 Å². The first-order valence-corrected chi connectivity index (χ1v) is 11.1. The SMILES string of the molecule is CCCN1CCN(CC(O)COc2ccc(-c3cncc(O)c3)c3ccccc23)CC1. The Morgan fingerprint density at radius 3 is 2.48 bits per heavy atom. The van der Waals surface area contributed by atoms with Crippen molar-refractivity contribution in [2.24, 2.45) is 0 Å². The van der Waals surface area contributed by atoms with Crippen molar-refractivity contribution in [3.63, 3.8) is 0 Å². The third-order valence-corrected chi connectivity index (χ3v) is 5.82. The summed E-state index contributed by atoms with van der Waals surface area (Å²) < 4.78 is 6.04. The number of fused-ring (bicyclic) bond motifs is 1. The van der Waals surface area contributed by atoms with Gasteiger partial charge >= 0.3 is 0 Å². The van der Waals surface area contributed by atoms with Crippen LogP contribution in [0.1, 0.15) is 13.3 Å². The second kappa shape index (κ2) is 10.1. The van der Waals surface area contributed by atoms with Crippen LogP contribution in [0, 0.1) is 0 Å². The Bertz CT molecular complexity index is 1000. The van der Waals surface area contributed by atoms with Gasteiger partial charge in [0.15, 0.2) is 0 Å². The molecule has 1 unspecified atom stereocenters. The normalized spacial score (nSPS) is 16.5. The molecular weight excluding hydrogens is 390 g/mol. The molecule has 4 rings (SSSR count). The minimum absolute atomic E-state index is 0.139. The molecule has 6 heteroatoms. The molecule has 1 atom stereocenters. The van der Waals surface area contributed by atoms with Crippen LogP contribution in [-0.4, -0.2) is 77.0 Å². The molecule has 164 valence electrons. The number of hydrogen-bond acceptors (Lipinski definition) is 6. The fraction of sp³-hybridized carbons (Fsp3) is 0.400. The number of nitrogens with zero attached hydrogens (tertiary/aromatic N) is 3. The minimum atomic E-state index is -0.536. The van der Waals surface area contributed by atoms with Crippen LogP contribution in [0.5, 0.6) is 11.5 Å². The van der Waals surface area contributed by atoms with E-state index in [2.05, 4.69) is 21.7 Å². The molecule has 1 fully saturated rings. The summed E-state index contributed by atoms with van der Waals surface area (Å²) in [5.41, 5.74) is 1.84. The topological polar surface area (TPSA) is 69.1 Å². The highest BCUT2D eigenvalue weighted by molar-refractivity contribution is 6.00. The lowest BCUT2D eigenvalue weighted by Crippen LogP contribution is -2.49. The lowest BCUT2D eigenvalue weighted by atomic mass is 9.99. The van der Waals surface area contributed by atoms with Crippen molar-refractivity contribution < 1.29 is 14.9 Å². The highest BCUT2D eigenvalue weighted by Crippen LogP contribution is 2.35. The minimum Gasteiger partial charge on any atom is -0.506 e. The summed E-state index contributed by atoms with van der Waals surface area (Å²) in [5.74, 6) is 0.889. The molecular formula is C25H31N3O3. The van der Waals surface area contributed by atoms with Crippen molar-refractivity contribution in [1.82, 2.24) is 14.8 Å². The van der Waals surface area contributed by atoms with Gasteiger partial charge in [-0.3, -0.25) is 9.88 Å². The third-order valence-electron chi connectivity index (χ3n) is 5.82. The number of ether oxygens (including phenoxy) is 1. The van der Waals surface area contributed by atoms with Crippen LogP contribution in [0.3, 0.4) is 0 Å². The second-order valence-corrected chi connectivity index (χ2v) is 8.20. The van der Waals surface area contributed by atoms with E-state index >= 15 is 0 Å². The molecule has 1 aliphatic rings. The van der Waals surface area contributed by atoms with Crippen LogP contribution >= 0.6 is 0 Å². The monoisotopic (exact) mass is 421 g/mol. The van der Waals surface area contributed by atoms with E-state index in [-0.39, 0.29) is 12.4 Å². The Morgan fingerprint density at radius 1 is 1.00 bits per heavy atom. The van der Waals surface area contributed by atoms with E-state index in [1.54, 1.807) is 12.3 Å². The number of aromatic nitrogens is 1. The summed E-state index contributed by atoms with van der Waals surface area (Å²) in [7, 11) is 0. The summed E-state index contributed by atoms with van der Waals surface area (Å²) in [6.07, 6.45) is 3.82. The molecule has 6 nitrogen and oxygen atoms in total. The quantitative estimate of drug-likeness (QED) is 0.581. The molecule has 3 aromatic rings. The molecule has 0 spiro atoms. The first-order chi connectivity index (χ1) is 15.1. The zero-order chi connectivity index (χ0) is 21.6. The highest BCUT2D eigenvalue weighted by Gasteiger charge is 2.19. The van der Waals surface area contributed by atoms with Gasteiger partial charge in [-0.2, -0.15) is 0 Å². The van der Waals surface area contributed by atoms with Gasteiger partial charge < -0.3 is 19.8 Å². The van der Waals surface area contributed by atoms with E-state index in [4.69, 9.17) is 4.74 Å². The van der Waals surface area contributed by atoms with E-state index in [0.717, 1.165) is 60.4 Å². The number of aromatic hydroxyl groups is 1. The lowest BCUT2D eigenvalue weighted by molar-refractivity contribution is 0.0465. The number of rotatable bonds is 8. The Balaban J connectivity index is 1.42. The number of benzene rings is 2. The summed E-state index contributed by atoms with van der Waals surface area (Å²) >= 11 is 0. The van der Waals surface area contributed by atoms with Crippen molar-refractivity contribution in [2.45, 2.75) is 19.4 Å². The number of hydrogen-bond donors (Lipinski definition) is 2. The third kappa shape index (κ3) is 5.34. The van der Waals surface area contributed by atoms with Gasteiger partial charge in [0.25, 0.3) is 0 Å². The van der Waals surface area contributed by atoms with Gasteiger partial charge in [-0.05, 0) is 42.1 Å². The number of pyridine rings is 1. The molecule has 2 aromatic carbocycles. The summed E-state index contributed by atoms with van der Waals surface area (Å²) in [5, 5.41) is 22.3. The predicted molar refractivity (Wildman–Crippen MR) is 124 cm³/mol. The van der Waals surface area contributed by atoms with Crippen LogP contribution in [0.15, 0.2) is 54.9 Å². The van der Waals surface area contributed by atoms with Crippen molar-refractivity contribution in [3.05, 3.63) is 54.9 Å². The average molecular weight is 422 g/mol. The second-order valence-electron chi connectivity index (χ2n) is 8.20. The zero-order valence-corrected chi connectivity index (χ0v) is 18.1. The van der Waals surface area contributed by atoms with Gasteiger partial charge in [0.2, 0.25) is 0 Å². The van der Waals surface area contributed by atoms with Gasteiger partial charge in [-0.15, -0.1) is 0 Å². The van der Waals surface area contributed by atoms with Crippen molar-refractivity contribution in [3.8, 4) is 22.6 Å². The summed E-state index contributed by atoms with van der Waals surface area (Å²) in [6, 6.07) is 13.6. The van der Waals surface area contributed by atoms with E-state index in [9.17, 15) is 10.2 Å². The van der Waals surface area contributed by atoms with Gasteiger partial charge in [-0.25, -0.2) is 0 Å². The molecule has 0 bridgehead atoms. The smallest absolute Gasteiger partial charge is 0.134 e. The van der Waals surface area contributed by atoms with Crippen LogP contribution < -0.4 is 4.74 Å². The van der Waals surface area contributed by atoms with Gasteiger partial charge in [-0.1, -0.05) is 31.2 Å². The zero-order valence-electron chi connectivity index (χ0n) is 18.1. The van der Waals surface area contributed by atoms with E-state index in [1.807, 2.05) is 36.4 Å². The maximum Gasteiger partial charge on any atom is 0.134 e. The summed E-state index contributed by atoms with van der Waals surface area (Å²) in [4.78, 5) is 8.89. The largest absolute Gasteiger partial charge is 0.506 e. The number of piperazine rings is 1. The standard InChI is InChI=1S/C25H31N3O3/c1-2-9-27-10-12-28(13-11-27)17-21(30)18-31-25-8-7-22(19-14-20(29)16-26-15-19)23-5-3-4-6-24(23)25/h3-8,14-16,21,29-30H,2,9-13,17-18H2,1H3. The number of aliphatic hydroxyl groups is 1. The molecule has 2 heterocycles. The van der Waals surface area contributed by atoms with E-state index < -0.39 is 6.10 Å². The molecule has 1 aromatic heterocycles. The van der Waals surface area contributed by atoms with Crippen molar-refractivity contribution in [2.75, 3.05) is 45.9 Å². The molecule has 1 saturated heterocycles. The maximum atomic E-state index is 10.6. The molecule has 31 heavy (non-hydrogen) atoms. The first-order valence-electron chi connectivity index (χ1n) is 11.1. The Morgan fingerprint density at radius 2 is 1.74 bits per heavy atom. The summed E-state index contributed by atoms with van der Waals surface area (Å²) in [6.45, 7) is 8.37. The molecule has 0 radical (unpaired) electrons. The molecule has 0 saturated carbocycles. The fourth-order valence-electron chi connectivity index (χ4n) is 4.27. The molecule has 1 aliphatic heterocycles. The van der Waals surface area contributed by atoms with Crippen LogP contribution in [0.4, 0.5) is 0 Å². The van der Waals surface area contributed by atoms with Crippen LogP contribution in [0.2, 0.25) is 0 Å². The highest BCUT2D eigenvalue weighted by atomic mass is 16.5. The number of aliphatic hydroxyl groups excluding tert-OH is 1. The average Bonchev–Trinajstić information content (AvgIpc) is 2.79. The molecule has 0 aliphatic carbocycles. The van der Waals surface area contributed by atoms with Crippen molar-refractivity contribution >= 4 is 10.8 Å². The molecule has 0 amide bonds. The Labute approximate surface area is 183 Å². The fourth-order valence-corrected chi connectivity index (χ4v) is 4.27. The Hall–Kier alpha value is -2.67.